The van der Waals surface area contributed by atoms with Gasteiger partial charge in [0, 0.05) is 18.7 Å². The zero-order valence-electron chi connectivity index (χ0n) is 14.0. The maximum atomic E-state index is 5.50. The summed E-state index contributed by atoms with van der Waals surface area (Å²) in [5.41, 5.74) is 0.997. The molecule has 0 aliphatic carbocycles. The molecular weight excluding hydrogens is 322 g/mol. The summed E-state index contributed by atoms with van der Waals surface area (Å²) in [5.74, 6) is 2.69. The minimum Gasteiger partial charge on any atom is -0.355 e. The number of thiophene rings is 1. The van der Waals surface area contributed by atoms with E-state index in [0.717, 1.165) is 47.6 Å². The monoisotopic (exact) mass is 343 g/mol. The molecule has 0 N–H and O–H groups in total. The van der Waals surface area contributed by atoms with Crippen LogP contribution in [0.4, 0.5) is 0 Å². The number of aromatic nitrogens is 4. The molecule has 4 rings (SSSR count). The fourth-order valence-corrected chi connectivity index (χ4v) is 4.05. The van der Waals surface area contributed by atoms with Crippen LogP contribution >= 0.6 is 11.3 Å². The van der Waals surface area contributed by atoms with Crippen LogP contribution in [0.25, 0.3) is 10.6 Å². The summed E-state index contributed by atoms with van der Waals surface area (Å²) in [6.07, 6.45) is 2.40. The molecule has 4 heterocycles. The Morgan fingerprint density at radius 3 is 3.04 bits per heavy atom. The topological polar surface area (TPSA) is 60.0 Å². The molecule has 1 aliphatic heterocycles. The van der Waals surface area contributed by atoms with Crippen molar-refractivity contribution >= 4 is 11.3 Å². The molecule has 0 spiro atoms. The predicted molar refractivity (Wildman–Crippen MR) is 92.7 cm³/mol. The zero-order chi connectivity index (χ0) is 16.5. The molecule has 6 nitrogen and oxygen atoms in total. The average molecular weight is 343 g/mol. The molecule has 126 valence electrons. The van der Waals surface area contributed by atoms with Gasteiger partial charge in [-0.2, -0.15) is 5.10 Å². The van der Waals surface area contributed by atoms with Crippen LogP contribution < -0.4 is 0 Å². The van der Waals surface area contributed by atoms with E-state index in [1.165, 1.54) is 12.8 Å². The van der Waals surface area contributed by atoms with E-state index in [4.69, 9.17) is 4.52 Å². The quantitative estimate of drug-likeness (QED) is 0.711. The number of hydrogen-bond donors (Lipinski definition) is 0. The van der Waals surface area contributed by atoms with Crippen LogP contribution in [-0.4, -0.2) is 37.4 Å². The third-order valence-corrected chi connectivity index (χ3v) is 5.42. The van der Waals surface area contributed by atoms with Crippen LogP contribution in [0, 0.1) is 13.8 Å². The van der Waals surface area contributed by atoms with E-state index in [9.17, 15) is 0 Å². The van der Waals surface area contributed by atoms with Gasteiger partial charge in [0.25, 0.3) is 0 Å². The van der Waals surface area contributed by atoms with E-state index in [0.29, 0.717) is 6.04 Å². The summed E-state index contributed by atoms with van der Waals surface area (Å²) in [4.78, 5) is 8.01. The van der Waals surface area contributed by atoms with Gasteiger partial charge in [-0.3, -0.25) is 4.90 Å². The molecule has 1 aliphatic rings. The molecule has 0 radical (unpaired) electrons. The molecule has 0 bridgehead atoms. The van der Waals surface area contributed by atoms with Crippen molar-refractivity contribution in [2.24, 2.45) is 0 Å². The fraction of sp³-hybridized carbons (Fsp3) is 0.471. The summed E-state index contributed by atoms with van der Waals surface area (Å²) in [6.45, 7) is 6.77. The first-order chi connectivity index (χ1) is 11.7. The van der Waals surface area contributed by atoms with Crippen LogP contribution in [0.2, 0.25) is 0 Å². The van der Waals surface area contributed by atoms with Gasteiger partial charge in [-0.05, 0) is 44.7 Å². The maximum absolute atomic E-state index is 5.50. The molecule has 0 saturated carbocycles. The molecule has 0 amide bonds. The highest BCUT2D eigenvalue weighted by atomic mass is 32.1. The maximum Gasteiger partial charge on any atom is 0.177 e. The largest absolute Gasteiger partial charge is 0.355 e. The summed E-state index contributed by atoms with van der Waals surface area (Å²) < 4.78 is 7.53. The Morgan fingerprint density at radius 2 is 2.29 bits per heavy atom. The summed E-state index contributed by atoms with van der Waals surface area (Å²) >= 11 is 1.67. The first-order valence-corrected chi connectivity index (χ1v) is 9.18. The second-order valence-corrected chi connectivity index (χ2v) is 7.26. The van der Waals surface area contributed by atoms with Gasteiger partial charge >= 0.3 is 0 Å². The SMILES string of the molecule is Cc1nc(C)n(C[C@H]2CCCN2Cc2cc(-c3cccs3)on2)n1. The highest BCUT2D eigenvalue weighted by Crippen LogP contribution is 2.27. The molecule has 0 unspecified atom stereocenters. The molecule has 1 saturated heterocycles. The Labute approximate surface area is 145 Å². The molecule has 24 heavy (non-hydrogen) atoms. The van der Waals surface area contributed by atoms with Crippen molar-refractivity contribution in [3.05, 3.63) is 40.9 Å². The van der Waals surface area contributed by atoms with E-state index in [-0.39, 0.29) is 0 Å². The van der Waals surface area contributed by atoms with Gasteiger partial charge in [-0.25, -0.2) is 9.67 Å². The van der Waals surface area contributed by atoms with Crippen molar-refractivity contribution in [1.82, 2.24) is 24.8 Å². The Hall–Kier alpha value is -1.99. The van der Waals surface area contributed by atoms with E-state index < -0.39 is 0 Å². The van der Waals surface area contributed by atoms with Crippen LogP contribution in [0.15, 0.2) is 28.1 Å². The van der Waals surface area contributed by atoms with E-state index in [1.807, 2.05) is 24.6 Å². The van der Waals surface area contributed by atoms with Crippen molar-refractivity contribution < 1.29 is 4.52 Å². The predicted octanol–water partition coefficient (Wildman–Crippen LogP) is 3.28. The van der Waals surface area contributed by atoms with Gasteiger partial charge in [-0.1, -0.05) is 11.2 Å². The van der Waals surface area contributed by atoms with Crippen LogP contribution in [-0.2, 0) is 13.1 Å². The van der Waals surface area contributed by atoms with E-state index in [1.54, 1.807) is 11.3 Å². The molecule has 1 fully saturated rings. The van der Waals surface area contributed by atoms with E-state index in [2.05, 4.69) is 37.7 Å². The lowest BCUT2D eigenvalue weighted by Gasteiger charge is -2.23. The zero-order valence-corrected chi connectivity index (χ0v) is 14.8. The number of aryl methyl sites for hydroxylation is 2. The second kappa shape index (κ2) is 6.49. The second-order valence-electron chi connectivity index (χ2n) is 6.31. The minimum absolute atomic E-state index is 0.478. The van der Waals surface area contributed by atoms with E-state index >= 15 is 0 Å². The minimum atomic E-state index is 0.478. The first-order valence-electron chi connectivity index (χ1n) is 8.30. The lowest BCUT2D eigenvalue weighted by molar-refractivity contribution is 0.212. The molecule has 3 aromatic rings. The standard InChI is InChI=1S/C17H21N5OS/c1-12-18-13(2)22(19-12)11-15-5-3-7-21(15)10-14-9-16(23-20-14)17-6-4-8-24-17/h4,6,8-9,15H,3,5,7,10-11H2,1-2H3/t15-/m1/s1. The van der Waals surface area contributed by atoms with Crippen LogP contribution in [0.3, 0.4) is 0 Å². The summed E-state index contributed by atoms with van der Waals surface area (Å²) in [6, 6.07) is 6.63. The van der Waals surface area contributed by atoms with Gasteiger partial charge in [0.2, 0.25) is 0 Å². The van der Waals surface area contributed by atoms with Crippen molar-refractivity contribution in [2.75, 3.05) is 6.54 Å². The molecular formula is C17H21N5OS. The number of nitrogens with zero attached hydrogens (tertiary/aromatic N) is 5. The molecule has 7 heteroatoms. The van der Waals surface area contributed by atoms with Crippen molar-refractivity contribution in [1.29, 1.82) is 0 Å². The lowest BCUT2D eigenvalue weighted by Crippen LogP contribution is -2.33. The van der Waals surface area contributed by atoms with Crippen LogP contribution in [0.5, 0.6) is 0 Å². The Kier molecular flexibility index (Phi) is 4.20. The number of likely N-dealkylation sites (tertiary alicyclic amines) is 1. The summed E-state index contributed by atoms with van der Waals surface area (Å²) in [7, 11) is 0. The molecule has 1 atom stereocenters. The first kappa shape index (κ1) is 15.5. The third kappa shape index (κ3) is 3.14. The number of hydrogen-bond acceptors (Lipinski definition) is 6. The highest BCUT2D eigenvalue weighted by Gasteiger charge is 2.26. The average Bonchev–Trinajstić information content (AvgIpc) is 3.30. The van der Waals surface area contributed by atoms with Gasteiger partial charge < -0.3 is 4.52 Å². The fourth-order valence-electron chi connectivity index (χ4n) is 3.37. The van der Waals surface area contributed by atoms with Gasteiger partial charge in [0.1, 0.15) is 11.6 Å². The summed E-state index contributed by atoms with van der Waals surface area (Å²) in [5, 5.41) is 10.8. The highest BCUT2D eigenvalue weighted by molar-refractivity contribution is 7.13. The lowest BCUT2D eigenvalue weighted by atomic mass is 10.2. The molecule has 3 aromatic heterocycles. The normalized spacial score (nSPS) is 18.5. The van der Waals surface area contributed by atoms with Crippen molar-refractivity contribution in [3.63, 3.8) is 0 Å². The third-order valence-electron chi connectivity index (χ3n) is 4.53. The van der Waals surface area contributed by atoms with Gasteiger partial charge in [0.05, 0.1) is 17.1 Å². The Bertz CT molecular complexity index is 807. The van der Waals surface area contributed by atoms with Crippen molar-refractivity contribution in [3.8, 4) is 10.6 Å². The van der Waals surface area contributed by atoms with Gasteiger partial charge in [-0.15, -0.1) is 11.3 Å². The molecule has 0 aromatic carbocycles. The van der Waals surface area contributed by atoms with Gasteiger partial charge in [0.15, 0.2) is 5.76 Å². The smallest absolute Gasteiger partial charge is 0.177 e. The van der Waals surface area contributed by atoms with Crippen molar-refractivity contribution in [2.45, 2.75) is 45.8 Å². The Morgan fingerprint density at radius 1 is 1.38 bits per heavy atom. The number of rotatable bonds is 5. The Balaban J connectivity index is 1.44. The van der Waals surface area contributed by atoms with Crippen LogP contribution in [0.1, 0.15) is 30.2 Å².